The van der Waals surface area contributed by atoms with Gasteiger partial charge in [0.2, 0.25) is 0 Å². The zero-order chi connectivity index (χ0) is 18.1. The molecule has 128 valence electrons. The molecule has 0 spiro atoms. The summed E-state index contributed by atoms with van der Waals surface area (Å²) in [6.45, 7) is 0. The van der Waals surface area contributed by atoms with E-state index in [0.29, 0.717) is 0 Å². The second-order valence-corrected chi connectivity index (χ2v) is 6.62. The van der Waals surface area contributed by atoms with Crippen LogP contribution in [0.5, 0.6) is 0 Å². The van der Waals surface area contributed by atoms with Crippen LogP contribution in [0.25, 0.3) is 38.5 Å². The Hall–Kier alpha value is -3.52. The molecule has 0 saturated heterocycles. The van der Waals surface area contributed by atoms with Gasteiger partial charge in [0.15, 0.2) is 0 Å². The molecule has 0 N–H and O–H groups in total. The predicted molar refractivity (Wildman–Crippen MR) is 113 cm³/mol. The molecule has 2 heterocycles. The lowest BCUT2D eigenvalue weighted by atomic mass is 9.96. The van der Waals surface area contributed by atoms with Crippen LogP contribution in [0, 0.1) is 0 Å². The van der Waals surface area contributed by atoms with Gasteiger partial charge < -0.3 is 0 Å². The highest BCUT2D eigenvalue weighted by atomic mass is 14.7. The summed E-state index contributed by atoms with van der Waals surface area (Å²) in [5.41, 5.74) is 6.72. The van der Waals surface area contributed by atoms with Crippen molar-refractivity contribution in [2.75, 3.05) is 0 Å². The fourth-order valence-corrected chi connectivity index (χ4v) is 3.73. The number of allylic oxidation sites excluding steroid dienone is 6. The third-order valence-electron chi connectivity index (χ3n) is 5.01. The number of benzene rings is 2. The number of aromatic nitrogens is 2. The van der Waals surface area contributed by atoms with Crippen LogP contribution in [-0.4, -0.2) is 9.97 Å². The average Bonchev–Trinajstić information content (AvgIpc) is 3.03. The Morgan fingerprint density at radius 1 is 0.667 bits per heavy atom. The van der Waals surface area contributed by atoms with Crippen molar-refractivity contribution >= 4 is 27.4 Å². The van der Waals surface area contributed by atoms with Crippen LogP contribution >= 0.6 is 0 Å². The third-order valence-corrected chi connectivity index (χ3v) is 5.01. The predicted octanol–water partition coefficient (Wildman–Crippen LogP) is 6.35. The highest BCUT2D eigenvalue weighted by Crippen LogP contribution is 2.34. The van der Waals surface area contributed by atoms with E-state index in [9.17, 15) is 0 Å². The van der Waals surface area contributed by atoms with Crippen molar-refractivity contribution in [3.05, 3.63) is 103 Å². The van der Waals surface area contributed by atoms with E-state index in [1.807, 2.05) is 18.5 Å². The quantitative estimate of drug-likeness (QED) is 0.395. The van der Waals surface area contributed by atoms with Gasteiger partial charge in [-0.05, 0) is 40.8 Å². The number of nitrogens with zero attached hydrogens (tertiary/aromatic N) is 2. The maximum Gasteiger partial charge on any atom is 0.0970 e. The SMILES string of the molecule is C1=CCC=C(c2ccnc3c2ccc2c(-c4ccccc4)ccnc23)C=C1. The van der Waals surface area contributed by atoms with Crippen LogP contribution in [0.4, 0.5) is 0 Å². The van der Waals surface area contributed by atoms with Gasteiger partial charge in [-0.3, -0.25) is 9.97 Å². The Morgan fingerprint density at radius 2 is 1.37 bits per heavy atom. The molecule has 0 aliphatic heterocycles. The van der Waals surface area contributed by atoms with E-state index in [1.165, 1.54) is 22.3 Å². The minimum atomic E-state index is 0.941. The molecule has 2 aromatic heterocycles. The first-order valence-electron chi connectivity index (χ1n) is 9.17. The Kier molecular flexibility index (Phi) is 3.87. The van der Waals surface area contributed by atoms with Crippen LogP contribution < -0.4 is 0 Å². The minimum Gasteiger partial charge on any atom is -0.254 e. The standard InChI is InChI=1S/C25H18N2/c1-2-5-9-18(8-4-1)20-14-16-26-24-22(20)12-13-23-21(15-17-27-25(23)24)19-10-6-3-7-11-19/h1-4,6-17H,5H2. The summed E-state index contributed by atoms with van der Waals surface area (Å²) in [4.78, 5) is 9.38. The maximum atomic E-state index is 4.69. The van der Waals surface area contributed by atoms with Crippen LogP contribution in [0.3, 0.4) is 0 Å². The first-order chi connectivity index (χ1) is 13.4. The molecule has 0 radical (unpaired) electrons. The molecule has 0 amide bonds. The first kappa shape index (κ1) is 15.7. The molecule has 0 bridgehead atoms. The zero-order valence-electron chi connectivity index (χ0n) is 14.8. The summed E-state index contributed by atoms with van der Waals surface area (Å²) in [5.74, 6) is 0. The van der Waals surface area contributed by atoms with Gasteiger partial charge in [0, 0.05) is 23.2 Å². The van der Waals surface area contributed by atoms with E-state index >= 15 is 0 Å². The molecule has 0 unspecified atom stereocenters. The maximum absolute atomic E-state index is 4.69. The summed E-state index contributed by atoms with van der Waals surface area (Å²) in [6.07, 6.45) is 15.5. The second kappa shape index (κ2) is 6.65. The summed E-state index contributed by atoms with van der Waals surface area (Å²) >= 11 is 0. The van der Waals surface area contributed by atoms with Gasteiger partial charge in [-0.15, -0.1) is 0 Å². The second-order valence-electron chi connectivity index (χ2n) is 6.62. The lowest BCUT2D eigenvalue weighted by Gasteiger charge is -2.11. The van der Waals surface area contributed by atoms with Crippen molar-refractivity contribution < 1.29 is 0 Å². The smallest absolute Gasteiger partial charge is 0.0970 e. The van der Waals surface area contributed by atoms with Gasteiger partial charge in [-0.1, -0.05) is 72.8 Å². The third kappa shape index (κ3) is 2.76. The molecule has 1 aliphatic rings. The monoisotopic (exact) mass is 346 g/mol. The Morgan fingerprint density at radius 3 is 2.15 bits per heavy atom. The molecule has 27 heavy (non-hydrogen) atoms. The first-order valence-corrected chi connectivity index (χ1v) is 9.17. The topological polar surface area (TPSA) is 25.8 Å². The van der Waals surface area contributed by atoms with Crippen molar-refractivity contribution in [2.24, 2.45) is 0 Å². The van der Waals surface area contributed by atoms with Crippen molar-refractivity contribution in [1.29, 1.82) is 0 Å². The molecule has 0 saturated carbocycles. The lowest BCUT2D eigenvalue weighted by Crippen LogP contribution is -1.91. The molecule has 4 aromatic rings. The molecular formula is C25H18N2. The Balaban J connectivity index is 1.78. The Bertz CT molecular complexity index is 1230. The Labute approximate surface area is 158 Å². The average molecular weight is 346 g/mol. The van der Waals surface area contributed by atoms with Gasteiger partial charge in [0.25, 0.3) is 0 Å². The van der Waals surface area contributed by atoms with Gasteiger partial charge in [0.05, 0.1) is 11.0 Å². The van der Waals surface area contributed by atoms with E-state index in [1.54, 1.807) is 0 Å². The van der Waals surface area contributed by atoms with Crippen molar-refractivity contribution in [2.45, 2.75) is 6.42 Å². The highest BCUT2D eigenvalue weighted by molar-refractivity contribution is 6.10. The largest absolute Gasteiger partial charge is 0.254 e. The van der Waals surface area contributed by atoms with Crippen LogP contribution in [0.1, 0.15) is 12.0 Å². The van der Waals surface area contributed by atoms with Gasteiger partial charge >= 0.3 is 0 Å². The van der Waals surface area contributed by atoms with E-state index < -0.39 is 0 Å². The highest BCUT2D eigenvalue weighted by Gasteiger charge is 2.12. The van der Waals surface area contributed by atoms with E-state index in [2.05, 4.69) is 83.9 Å². The van der Waals surface area contributed by atoms with Crippen LogP contribution in [0.2, 0.25) is 0 Å². The normalized spacial score (nSPS) is 13.7. The van der Waals surface area contributed by atoms with E-state index in [-0.39, 0.29) is 0 Å². The van der Waals surface area contributed by atoms with Gasteiger partial charge in [0.1, 0.15) is 0 Å². The molecule has 5 rings (SSSR count). The molecule has 0 fully saturated rings. The van der Waals surface area contributed by atoms with Gasteiger partial charge in [-0.2, -0.15) is 0 Å². The molecular weight excluding hydrogens is 328 g/mol. The minimum absolute atomic E-state index is 0.941. The van der Waals surface area contributed by atoms with Crippen molar-refractivity contribution in [1.82, 2.24) is 9.97 Å². The summed E-state index contributed by atoms with van der Waals surface area (Å²) < 4.78 is 0. The molecule has 2 nitrogen and oxygen atoms in total. The number of pyridine rings is 2. The van der Waals surface area contributed by atoms with Crippen molar-refractivity contribution in [3.63, 3.8) is 0 Å². The molecule has 1 aliphatic carbocycles. The van der Waals surface area contributed by atoms with Crippen LogP contribution in [-0.2, 0) is 0 Å². The van der Waals surface area contributed by atoms with E-state index in [0.717, 1.165) is 28.2 Å². The molecule has 0 atom stereocenters. The number of hydrogen-bond acceptors (Lipinski definition) is 2. The number of hydrogen-bond donors (Lipinski definition) is 0. The summed E-state index contributed by atoms with van der Waals surface area (Å²) in [6, 6.07) is 19.0. The van der Waals surface area contributed by atoms with E-state index in [4.69, 9.17) is 4.98 Å². The molecule has 2 heteroatoms. The van der Waals surface area contributed by atoms with Gasteiger partial charge in [-0.25, -0.2) is 0 Å². The summed E-state index contributed by atoms with van der Waals surface area (Å²) in [5, 5.41) is 2.27. The van der Waals surface area contributed by atoms with Crippen LogP contribution in [0.15, 0.2) is 97.4 Å². The fourth-order valence-electron chi connectivity index (χ4n) is 3.73. The number of fused-ring (bicyclic) bond motifs is 3. The van der Waals surface area contributed by atoms with Crippen molar-refractivity contribution in [3.8, 4) is 11.1 Å². The fraction of sp³-hybridized carbons (Fsp3) is 0.0400. The molecule has 2 aromatic carbocycles. The summed E-state index contributed by atoms with van der Waals surface area (Å²) in [7, 11) is 0. The lowest BCUT2D eigenvalue weighted by molar-refractivity contribution is 1.36. The number of rotatable bonds is 2. The zero-order valence-corrected chi connectivity index (χ0v) is 14.8.